The lowest BCUT2D eigenvalue weighted by Gasteiger charge is -2.37. The topological polar surface area (TPSA) is 66.8 Å². The molecular formula is C18H21ClFNO4. The number of carboxylic acid groups (broad SMARTS) is 1. The third-order valence-electron chi connectivity index (χ3n) is 5.11. The minimum absolute atomic E-state index is 0.0513. The van der Waals surface area contributed by atoms with E-state index in [2.05, 4.69) is 0 Å². The molecule has 0 aromatic heterocycles. The van der Waals surface area contributed by atoms with Crippen molar-refractivity contribution < 1.29 is 23.8 Å². The normalized spacial score (nSPS) is 27.1. The van der Waals surface area contributed by atoms with E-state index in [4.69, 9.17) is 21.4 Å². The number of aliphatic carboxylic acids is 1. The van der Waals surface area contributed by atoms with Gasteiger partial charge in [-0.3, -0.25) is 9.59 Å². The summed E-state index contributed by atoms with van der Waals surface area (Å²) in [5.74, 6) is -1.59. The van der Waals surface area contributed by atoms with Gasteiger partial charge in [0.15, 0.2) is 0 Å². The number of rotatable bonds is 3. The van der Waals surface area contributed by atoms with Crippen molar-refractivity contribution in [1.29, 1.82) is 0 Å². The van der Waals surface area contributed by atoms with Crippen molar-refractivity contribution in [2.24, 2.45) is 11.8 Å². The zero-order valence-corrected chi connectivity index (χ0v) is 14.5. The first-order valence-electron chi connectivity index (χ1n) is 8.54. The van der Waals surface area contributed by atoms with Gasteiger partial charge in [0.2, 0.25) is 5.91 Å². The maximum absolute atomic E-state index is 13.2. The van der Waals surface area contributed by atoms with Gasteiger partial charge in [0.05, 0.1) is 19.1 Å². The Hall–Kier alpha value is -1.66. The maximum Gasteiger partial charge on any atom is 0.306 e. The van der Waals surface area contributed by atoms with Gasteiger partial charge in [-0.05, 0) is 37.8 Å². The minimum atomic E-state index is -0.775. The summed E-state index contributed by atoms with van der Waals surface area (Å²) in [6, 6.07) is 4.17. The second kappa shape index (κ2) is 7.70. The fraction of sp³-hybridized carbons (Fsp3) is 0.556. The fourth-order valence-corrected chi connectivity index (χ4v) is 3.93. The van der Waals surface area contributed by atoms with Gasteiger partial charge in [-0.15, -0.1) is 0 Å². The van der Waals surface area contributed by atoms with Gasteiger partial charge in [-0.25, -0.2) is 4.39 Å². The lowest BCUT2D eigenvalue weighted by molar-refractivity contribution is -0.148. The molecule has 1 aromatic carbocycles. The number of amides is 1. The summed E-state index contributed by atoms with van der Waals surface area (Å²) in [7, 11) is 0. The zero-order chi connectivity index (χ0) is 18.0. The van der Waals surface area contributed by atoms with Gasteiger partial charge in [-0.1, -0.05) is 17.7 Å². The van der Waals surface area contributed by atoms with E-state index < -0.39 is 11.8 Å². The molecule has 1 N–H and O–H groups in total. The van der Waals surface area contributed by atoms with Crippen LogP contribution in [0.4, 0.5) is 4.39 Å². The van der Waals surface area contributed by atoms with Crippen LogP contribution < -0.4 is 0 Å². The van der Waals surface area contributed by atoms with Crippen molar-refractivity contribution >= 4 is 23.5 Å². The van der Waals surface area contributed by atoms with Crippen molar-refractivity contribution in [3.05, 3.63) is 34.6 Å². The predicted octanol–water partition coefficient (Wildman–Crippen LogP) is 3.27. The standard InChI is InChI=1S/C18H21ClFNO4/c19-15-9-13(20)5-6-14(15)16-10-21(7-8-25-16)17(22)11-1-3-12(4-2-11)18(23)24/h5-6,9,11-12,16H,1-4,7-8,10H2,(H,23,24). The molecule has 136 valence electrons. The minimum Gasteiger partial charge on any atom is -0.481 e. The SMILES string of the molecule is O=C(O)C1CCC(C(=O)N2CCOC(c3ccc(F)cc3Cl)C2)CC1. The summed E-state index contributed by atoms with van der Waals surface area (Å²) in [4.78, 5) is 25.6. The number of hydrogen-bond donors (Lipinski definition) is 1. The number of halogens is 2. The summed E-state index contributed by atoms with van der Waals surface area (Å²) in [6.07, 6.45) is 1.93. The average Bonchev–Trinajstić information content (AvgIpc) is 2.61. The molecule has 3 rings (SSSR count). The monoisotopic (exact) mass is 369 g/mol. The van der Waals surface area contributed by atoms with Crippen LogP contribution in [-0.4, -0.2) is 41.6 Å². The molecule has 0 bridgehead atoms. The molecule has 5 nitrogen and oxygen atoms in total. The highest BCUT2D eigenvalue weighted by Gasteiger charge is 2.34. The number of carbonyl (C=O) groups excluding carboxylic acids is 1. The summed E-state index contributed by atoms with van der Waals surface area (Å²) in [6.45, 7) is 1.28. The molecule has 7 heteroatoms. The molecule has 1 aliphatic heterocycles. The van der Waals surface area contributed by atoms with Crippen LogP contribution in [0.1, 0.15) is 37.4 Å². The molecule has 2 fully saturated rings. The van der Waals surface area contributed by atoms with Gasteiger partial charge in [0.1, 0.15) is 11.9 Å². The summed E-state index contributed by atoms with van der Waals surface area (Å²) >= 11 is 6.11. The van der Waals surface area contributed by atoms with E-state index in [1.807, 2.05) is 0 Å². The van der Waals surface area contributed by atoms with E-state index in [1.165, 1.54) is 12.1 Å². The first-order valence-corrected chi connectivity index (χ1v) is 8.91. The number of ether oxygens (including phenoxy) is 1. The molecule has 1 amide bonds. The smallest absolute Gasteiger partial charge is 0.306 e. The Morgan fingerprint density at radius 3 is 2.52 bits per heavy atom. The van der Waals surface area contributed by atoms with Gasteiger partial charge < -0.3 is 14.7 Å². The Kier molecular flexibility index (Phi) is 5.59. The van der Waals surface area contributed by atoms with E-state index >= 15 is 0 Å². The first kappa shape index (κ1) is 18.1. The Balaban J connectivity index is 1.63. The van der Waals surface area contributed by atoms with E-state index in [-0.39, 0.29) is 23.8 Å². The number of carbonyl (C=O) groups is 2. The second-order valence-corrected chi connectivity index (χ2v) is 7.10. The predicted molar refractivity (Wildman–Crippen MR) is 89.8 cm³/mol. The molecule has 1 atom stereocenters. The third kappa shape index (κ3) is 4.12. The molecule has 1 unspecified atom stereocenters. The van der Waals surface area contributed by atoms with Crippen LogP contribution in [0.2, 0.25) is 5.02 Å². The van der Waals surface area contributed by atoms with Gasteiger partial charge >= 0.3 is 5.97 Å². The van der Waals surface area contributed by atoms with Gasteiger partial charge in [-0.2, -0.15) is 0 Å². The van der Waals surface area contributed by atoms with Crippen molar-refractivity contribution in [2.75, 3.05) is 19.7 Å². The van der Waals surface area contributed by atoms with Crippen LogP contribution in [0.25, 0.3) is 0 Å². The lowest BCUT2D eigenvalue weighted by atomic mass is 9.81. The largest absolute Gasteiger partial charge is 0.481 e. The highest BCUT2D eigenvalue weighted by atomic mass is 35.5. The number of nitrogens with zero attached hydrogens (tertiary/aromatic N) is 1. The van der Waals surface area contributed by atoms with Crippen molar-refractivity contribution in [2.45, 2.75) is 31.8 Å². The number of hydrogen-bond acceptors (Lipinski definition) is 3. The maximum atomic E-state index is 13.2. The van der Waals surface area contributed by atoms with E-state index in [9.17, 15) is 14.0 Å². The molecule has 0 spiro atoms. The third-order valence-corrected chi connectivity index (χ3v) is 5.44. The molecule has 1 heterocycles. The molecule has 1 saturated carbocycles. The van der Waals surface area contributed by atoms with Crippen LogP contribution in [0.3, 0.4) is 0 Å². The Morgan fingerprint density at radius 1 is 1.20 bits per heavy atom. The second-order valence-electron chi connectivity index (χ2n) is 6.70. The molecular weight excluding hydrogens is 349 g/mol. The zero-order valence-electron chi connectivity index (χ0n) is 13.8. The van der Waals surface area contributed by atoms with Crippen molar-refractivity contribution in [3.8, 4) is 0 Å². The molecule has 1 aromatic rings. The molecule has 1 aliphatic carbocycles. The quantitative estimate of drug-likeness (QED) is 0.888. The van der Waals surface area contributed by atoms with Crippen LogP contribution in [-0.2, 0) is 14.3 Å². The summed E-state index contributed by atoms with van der Waals surface area (Å²) in [5.41, 5.74) is 0.676. The lowest BCUT2D eigenvalue weighted by Crippen LogP contribution is -2.45. The summed E-state index contributed by atoms with van der Waals surface area (Å²) < 4.78 is 18.9. The summed E-state index contributed by atoms with van der Waals surface area (Å²) in [5, 5.41) is 9.36. The van der Waals surface area contributed by atoms with E-state index in [0.29, 0.717) is 56.0 Å². The molecule has 1 saturated heterocycles. The highest BCUT2D eigenvalue weighted by Crippen LogP contribution is 2.33. The van der Waals surface area contributed by atoms with Crippen molar-refractivity contribution in [3.63, 3.8) is 0 Å². The van der Waals surface area contributed by atoms with E-state index in [1.54, 1.807) is 11.0 Å². The van der Waals surface area contributed by atoms with Crippen molar-refractivity contribution in [1.82, 2.24) is 4.90 Å². The van der Waals surface area contributed by atoms with E-state index in [0.717, 1.165) is 0 Å². The highest BCUT2D eigenvalue weighted by molar-refractivity contribution is 6.31. The van der Waals surface area contributed by atoms with Crippen LogP contribution in [0, 0.1) is 17.7 Å². The number of benzene rings is 1. The van der Waals surface area contributed by atoms with Gasteiger partial charge in [0, 0.05) is 23.0 Å². The number of morpholine rings is 1. The Morgan fingerprint density at radius 2 is 1.88 bits per heavy atom. The van der Waals surface area contributed by atoms with Crippen LogP contribution in [0.15, 0.2) is 18.2 Å². The Labute approximate surface area is 150 Å². The van der Waals surface area contributed by atoms with Crippen LogP contribution in [0.5, 0.6) is 0 Å². The molecule has 25 heavy (non-hydrogen) atoms. The number of carboxylic acids is 1. The first-order chi connectivity index (χ1) is 12.0. The van der Waals surface area contributed by atoms with Gasteiger partial charge in [0.25, 0.3) is 0 Å². The van der Waals surface area contributed by atoms with Crippen LogP contribution >= 0.6 is 11.6 Å². The average molecular weight is 370 g/mol. The molecule has 2 aliphatic rings. The Bertz CT molecular complexity index is 660. The fourth-order valence-electron chi connectivity index (χ4n) is 3.65. The molecule has 0 radical (unpaired) electrons.